The van der Waals surface area contributed by atoms with E-state index in [4.69, 9.17) is 23.2 Å². The van der Waals surface area contributed by atoms with Crippen LogP contribution in [0.25, 0.3) is 0 Å². The summed E-state index contributed by atoms with van der Waals surface area (Å²) in [4.78, 5) is 0. The summed E-state index contributed by atoms with van der Waals surface area (Å²) < 4.78 is 14.0. The minimum absolute atomic E-state index is 0.287. The quantitative estimate of drug-likeness (QED) is 0.619. The standard InChI is InChI=1S/C14H10BrCl2F/c15-13-5-4-11(18)8-12(13)14(17)7-9-2-1-3-10(16)6-9/h1-6,8,14H,7H2. The van der Waals surface area contributed by atoms with Crippen molar-refractivity contribution in [3.05, 3.63) is 68.9 Å². The summed E-state index contributed by atoms with van der Waals surface area (Å²) in [6.45, 7) is 0. The van der Waals surface area contributed by atoms with Gasteiger partial charge in [-0.15, -0.1) is 11.6 Å². The molecule has 18 heavy (non-hydrogen) atoms. The predicted octanol–water partition coefficient (Wildman–Crippen LogP) is 5.76. The summed E-state index contributed by atoms with van der Waals surface area (Å²) in [5.41, 5.74) is 1.77. The molecule has 0 spiro atoms. The van der Waals surface area contributed by atoms with Crippen molar-refractivity contribution in [3.8, 4) is 0 Å². The Morgan fingerprint density at radius 1 is 1.17 bits per heavy atom. The molecule has 4 heteroatoms. The minimum atomic E-state index is -0.298. The Kier molecular flexibility index (Phi) is 4.66. The fourth-order valence-corrected chi connectivity index (χ4v) is 2.96. The van der Waals surface area contributed by atoms with Crippen LogP contribution in [0.1, 0.15) is 16.5 Å². The normalized spacial score (nSPS) is 12.4. The molecular weight excluding hydrogens is 338 g/mol. The molecule has 0 aliphatic carbocycles. The predicted molar refractivity (Wildman–Crippen MR) is 77.9 cm³/mol. The summed E-state index contributed by atoms with van der Waals surface area (Å²) in [6, 6.07) is 12.0. The maximum Gasteiger partial charge on any atom is 0.123 e. The molecule has 94 valence electrons. The van der Waals surface area contributed by atoms with Gasteiger partial charge in [0, 0.05) is 9.50 Å². The van der Waals surface area contributed by atoms with Crippen molar-refractivity contribution >= 4 is 39.1 Å². The molecule has 0 heterocycles. The van der Waals surface area contributed by atoms with Gasteiger partial charge in [-0.3, -0.25) is 0 Å². The lowest BCUT2D eigenvalue weighted by atomic mass is 10.0. The zero-order chi connectivity index (χ0) is 13.1. The second-order valence-corrected chi connectivity index (χ2v) is 5.79. The van der Waals surface area contributed by atoms with E-state index < -0.39 is 0 Å². The van der Waals surface area contributed by atoms with Gasteiger partial charge in [0.15, 0.2) is 0 Å². The van der Waals surface area contributed by atoms with Gasteiger partial charge in [-0.25, -0.2) is 4.39 Å². The minimum Gasteiger partial charge on any atom is -0.207 e. The van der Waals surface area contributed by atoms with Crippen LogP contribution in [0.4, 0.5) is 4.39 Å². The fraction of sp³-hybridized carbons (Fsp3) is 0.143. The molecule has 2 rings (SSSR count). The van der Waals surface area contributed by atoms with Gasteiger partial charge in [-0.05, 0) is 47.9 Å². The Balaban J connectivity index is 2.21. The average Bonchev–Trinajstić information content (AvgIpc) is 2.32. The van der Waals surface area contributed by atoms with Crippen molar-refractivity contribution in [2.24, 2.45) is 0 Å². The van der Waals surface area contributed by atoms with E-state index in [-0.39, 0.29) is 11.2 Å². The zero-order valence-corrected chi connectivity index (χ0v) is 12.4. The lowest BCUT2D eigenvalue weighted by Gasteiger charge is -2.12. The molecular formula is C14H10BrCl2F. The first-order valence-corrected chi connectivity index (χ1v) is 7.00. The molecule has 2 aromatic rings. The SMILES string of the molecule is Fc1ccc(Br)c(C(Cl)Cc2cccc(Cl)c2)c1. The third-order valence-electron chi connectivity index (χ3n) is 2.60. The van der Waals surface area contributed by atoms with E-state index in [0.29, 0.717) is 11.4 Å². The zero-order valence-electron chi connectivity index (χ0n) is 9.34. The Labute approximate surface area is 124 Å². The molecule has 0 aromatic heterocycles. The third-order valence-corrected chi connectivity index (χ3v) is 3.95. The number of alkyl halides is 1. The summed E-state index contributed by atoms with van der Waals surface area (Å²) >= 11 is 15.6. The molecule has 0 saturated carbocycles. The molecule has 0 fully saturated rings. The lowest BCUT2D eigenvalue weighted by Crippen LogP contribution is -1.98. The molecule has 0 aliphatic rings. The van der Waals surface area contributed by atoms with Gasteiger partial charge in [0.1, 0.15) is 5.82 Å². The van der Waals surface area contributed by atoms with Gasteiger partial charge < -0.3 is 0 Å². The third kappa shape index (κ3) is 3.47. The van der Waals surface area contributed by atoms with E-state index >= 15 is 0 Å². The maximum atomic E-state index is 13.2. The molecule has 0 N–H and O–H groups in total. The van der Waals surface area contributed by atoms with Crippen LogP contribution in [0.3, 0.4) is 0 Å². The smallest absolute Gasteiger partial charge is 0.123 e. The van der Waals surface area contributed by atoms with Crippen molar-refractivity contribution in [2.45, 2.75) is 11.8 Å². The first kappa shape index (κ1) is 13.9. The topological polar surface area (TPSA) is 0 Å². The van der Waals surface area contributed by atoms with Crippen LogP contribution in [0.2, 0.25) is 5.02 Å². The molecule has 0 aliphatic heterocycles. The van der Waals surface area contributed by atoms with E-state index in [2.05, 4.69) is 15.9 Å². The highest BCUT2D eigenvalue weighted by atomic mass is 79.9. The van der Waals surface area contributed by atoms with E-state index in [1.807, 2.05) is 24.3 Å². The summed E-state index contributed by atoms with van der Waals surface area (Å²) in [5.74, 6) is -0.287. The Morgan fingerprint density at radius 2 is 1.94 bits per heavy atom. The van der Waals surface area contributed by atoms with Gasteiger partial charge >= 0.3 is 0 Å². The summed E-state index contributed by atoms with van der Waals surface area (Å²) in [5, 5.41) is 0.378. The molecule has 0 nitrogen and oxygen atoms in total. The molecule has 0 bridgehead atoms. The van der Waals surface area contributed by atoms with Crippen molar-refractivity contribution < 1.29 is 4.39 Å². The van der Waals surface area contributed by atoms with Gasteiger partial charge in [0.2, 0.25) is 0 Å². The highest BCUT2D eigenvalue weighted by Crippen LogP contribution is 2.32. The molecule has 0 amide bonds. The van der Waals surface area contributed by atoms with Crippen molar-refractivity contribution in [3.63, 3.8) is 0 Å². The second kappa shape index (κ2) is 6.05. The first-order chi connectivity index (χ1) is 8.56. The maximum absolute atomic E-state index is 13.2. The number of rotatable bonds is 3. The van der Waals surface area contributed by atoms with Crippen LogP contribution in [0, 0.1) is 5.82 Å². The molecule has 1 unspecified atom stereocenters. The van der Waals surface area contributed by atoms with Gasteiger partial charge in [0.25, 0.3) is 0 Å². The van der Waals surface area contributed by atoms with Gasteiger partial charge in [-0.1, -0.05) is 39.7 Å². The molecule has 0 radical (unpaired) electrons. The lowest BCUT2D eigenvalue weighted by molar-refractivity contribution is 0.624. The first-order valence-electron chi connectivity index (χ1n) is 5.40. The van der Waals surface area contributed by atoms with Crippen LogP contribution in [-0.4, -0.2) is 0 Å². The van der Waals surface area contributed by atoms with E-state index in [9.17, 15) is 4.39 Å². The van der Waals surface area contributed by atoms with Gasteiger partial charge in [0.05, 0.1) is 5.38 Å². The second-order valence-electron chi connectivity index (χ2n) is 3.97. The summed E-state index contributed by atoms with van der Waals surface area (Å²) in [6.07, 6.45) is 0.601. The Bertz CT molecular complexity index is 557. The highest BCUT2D eigenvalue weighted by Gasteiger charge is 2.13. The van der Waals surface area contributed by atoms with Crippen LogP contribution >= 0.6 is 39.1 Å². The van der Waals surface area contributed by atoms with Crippen molar-refractivity contribution in [1.82, 2.24) is 0 Å². The highest BCUT2D eigenvalue weighted by molar-refractivity contribution is 9.10. The molecule has 1 atom stereocenters. The van der Waals surface area contributed by atoms with E-state index in [1.165, 1.54) is 12.1 Å². The molecule has 2 aromatic carbocycles. The monoisotopic (exact) mass is 346 g/mol. The van der Waals surface area contributed by atoms with Crippen LogP contribution < -0.4 is 0 Å². The van der Waals surface area contributed by atoms with E-state index in [1.54, 1.807) is 6.07 Å². The summed E-state index contributed by atoms with van der Waals surface area (Å²) in [7, 11) is 0. The largest absolute Gasteiger partial charge is 0.207 e. The number of hydrogen-bond acceptors (Lipinski definition) is 0. The van der Waals surface area contributed by atoms with Crippen LogP contribution in [-0.2, 0) is 6.42 Å². The van der Waals surface area contributed by atoms with Crippen LogP contribution in [0.15, 0.2) is 46.9 Å². The fourth-order valence-electron chi connectivity index (χ4n) is 1.74. The van der Waals surface area contributed by atoms with Crippen molar-refractivity contribution in [2.75, 3.05) is 0 Å². The van der Waals surface area contributed by atoms with Crippen molar-refractivity contribution in [1.29, 1.82) is 0 Å². The van der Waals surface area contributed by atoms with Crippen LogP contribution in [0.5, 0.6) is 0 Å². The number of hydrogen-bond donors (Lipinski definition) is 0. The van der Waals surface area contributed by atoms with E-state index in [0.717, 1.165) is 15.6 Å². The van der Waals surface area contributed by atoms with Gasteiger partial charge in [-0.2, -0.15) is 0 Å². The Morgan fingerprint density at radius 3 is 2.67 bits per heavy atom. The number of halogens is 4. The average molecular weight is 348 g/mol. The Hall–Kier alpha value is -0.570. The molecule has 0 saturated heterocycles. The number of benzene rings is 2.